The average molecular weight is 441 g/mol. The zero-order chi connectivity index (χ0) is 23.5. The van der Waals surface area contributed by atoms with E-state index in [1.54, 1.807) is 24.2 Å². The van der Waals surface area contributed by atoms with Crippen LogP contribution in [0.4, 0.5) is 16.3 Å². The van der Waals surface area contributed by atoms with Crippen molar-refractivity contribution in [3.63, 3.8) is 0 Å². The fraction of sp³-hybridized carbons (Fsp3) is 0.476. The number of carbonyl (C=O) groups excluding carboxylic acids is 2. The van der Waals surface area contributed by atoms with Crippen molar-refractivity contribution in [3.05, 3.63) is 29.6 Å². The largest absolute Gasteiger partial charge is 0.479 e. The molecule has 0 atom stereocenters. The molecule has 0 aliphatic carbocycles. The highest BCUT2D eigenvalue weighted by molar-refractivity contribution is 6.07. The Hall–Kier alpha value is -3.81. The Morgan fingerprint density at radius 1 is 1.22 bits per heavy atom. The quantitative estimate of drug-likeness (QED) is 0.764. The van der Waals surface area contributed by atoms with Gasteiger partial charge in [0.1, 0.15) is 17.2 Å². The summed E-state index contributed by atoms with van der Waals surface area (Å²) in [4.78, 5) is 33.2. The molecule has 170 valence electrons. The smallest absolute Gasteiger partial charge is 0.410 e. The fourth-order valence-electron chi connectivity index (χ4n) is 3.25. The summed E-state index contributed by atoms with van der Waals surface area (Å²) in [5.74, 6) is 0.284. The molecule has 1 fully saturated rings. The van der Waals surface area contributed by atoms with E-state index in [0.717, 1.165) is 0 Å². The number of aromatic nitrogens is 3. The molecule has 0 unspecified atom stereocenters. The highest BCUT2D eigenvalue weighted by atomic mass is 16.6. The molecule has 0 aromatic carbocycles. The van der Waals surface area contributed by atoms with Gasteiger partial charge in [-0.2, -0.15) is 5.26 Å². The maximum absolute atomic E-state index is 12.9. The number of nitriles is 1. The lowest BCUT2D eigenvalue weighted by Crippen LogP contribution is -2.50. The summed E-state index contributed by atoms with van der Waals surface area (Å²) in [7, 11) is 3.12. The standard InChI is InChI=1S/C21H27N7O4/c1-21(2,3)32-20(30)28-8-6-27(7-9-28)17-16(10-14(11-22)12-23-17)24-18(29)15-13-26(4)25-19(15)31-5/h10,12-13H,6-9H2,1-5H3,(H,24,29). The number of nitrogens with one attached hydrogen (secondary N) is 1. The van der Waals surface area contributed by atoms with Crippen LogP contribution in [-0.2, 0) is 11.8 Å². The third-order valence-corrected chi connectivity index (χ3v) is 4.71. The lowest BCUT2D eigenvalue weighted by atomic mass is 10.2. The normalized spacial score (nSPS) is 14.0. The van der Waals surface area contributed by atoms with Crippen LogP contribution in [-0.4, -0.2) is 70.6 Å². The van der Waals surface area contributed by atoms with Crippen molar-refractivity contribution in [1.29, 1.82) is 5.26 Å². The van der Waals surface area contributed by atoms with Crippen molar-refractivity contribution in [2.75, 3.05) is 43.5 Å². The summed E-state index contributed by atoms with van der Waals surface area (Å²) in [6.07, 6.45) is 2.65. The molecular formula is C21H27N7O4. The van der Waals surface area contributed by atoms with Crippen molar-refractivity contribution in [2.24, 2.45) is 7.05 Å². The van der Waals surface area contributed by atoms with Gasteiger partial charge in [0.05, 0.1) is 18.4 Å². The Morgan fingerprint density at radius 2 is 1.91 bits per heavy atom. The topological polar surface area (TPSA) is 126 Å². The van der Waals surface area contributed by atoms with E-state index in [9.17, 15) is 14.9 Å². The van der Waals surface area contributed by atoms with Gasteiger partial charge >= 0.3 is 6.09 Å². The van der Waals surface area contributed by atoms with Gasteiger partial charge in [0.15, 0.2) is 5.82 Å². The van der Waals surface area contributed by atoms with Crippen molar-refractivity contribution in [3.8, 4) is 11.9 Å². The van der Waals surface area contributed by atoms with Crippen molar-refractivity contribution >= 4 is 23.5 Å². The van der Waals surface area contributed by atoms with Gasteiger partial charge in [-0.1, -0.05) is 0 Å². The Kier molecular flexibility index (Phi) is 6.53. The van der Waals surface area contributed by atoms with Crippen LogP contribution in [0.3, 0.4) is 0 Å². The number of piperazine rings is 1. The molecule has 3 rings (SSSR count). The molecule has 32 heavy (non-hydrogen) atoms. The van der Waals surface area contributed by atoms with Crippen LogP contribution in [0.25, 0.3) is 0 Å². The first kappa shape index (κ1) is 22.9. The summed E-state index contributed by atoms with van der Waals surface area (Å²) in [6, 6.07) is 3.61. The minimum Gasteiger partial charge on any atom is -0.479 e. The lowest BCUT2D eigenvalue weighted by Gasteiger charge is -2.36. The van der Waals surface area contributed by atoms with Crippen LogP contribution in [0, 0.1) is 11.3 Å². The number of rotatable bonds is 4. The second-order valence-corrected chi connectivity index (χ2v) is 8.34. The molecule has 11 nitrogen and oxygen atoms in total. The van der Waals surface area contributed by atoms with E-state index in [-0.39, 0.29) is 17.5 Å². The number of methoxy groups -OCH3 is 1. The van der Waals surface area contributed by atoms with E-state index >= 15 is 0 Å². The fourth-order valence-corrected chi connectivity index (χ4v) is 3.25. The molecule has 1 aliphatic rings. The van der Waals surface area contributed by atoms with Crippen LogP contribution >= 0.6 is 0 Å². The van der Waals surface area contributed by atoms with Crippen LogP contribution < -0.4 is 15.0 Å². The highest BCUT2D eigenvalue weighted by Gasteiger charge is 2.28. The number of hydrogen-bond donors (Lipinski definition) is 1. The monoisotopic (exact) mass is 441 g/mol. The van der Waals surface area contributed by atoms with Gasteiger partial charge in [0, 0.05) is 45.6 Å². The molecule has 1 aliphatic heterocycles. The number of ether oxygens (including phenoxy) is 2. The molecule has 0 bridgehead atoms. The number of pyridine rings is 1. The highest BCUT2D eigenvalue weighted by Crippen LogP contribution is 2.27. The molecule has 2 aromatic heterocycles. The van der Waals surface area contributed by atoms with Crippen LogP contribution in [0.1, 0.15) is 36.7 Å². The van der Waals surface area contributed by atoms with E-state index in [1.165, 1.54) is 18.0 Å². The van der Waals surface area contributed by atoms with Crippen LogP contribution in [0.15, 0.2) is 18.5 Å². The van der Waals surface area contributed by atoms with E-state index in [2.05, 4.69) is 15.4 Å². The number of amides is 2. The summed E-state index contributed by atoms with van der Waals surface area (Å²) < 4.78 is 12.1. The molecule has 0 saturated carbocycles. The lowest BCUT2D eigenvalue weighted by molar-refractivity contribution is 0.0240. The minimum absolute atomic E-state index is 0.196. The molecule has 2 aromatic rings. The van der Waals surface area contributed by atoms with Crippen molar-refractivity contribution in [2.45, 2.75) is 26.4 Å². The Balaban J connectivity index is 1.78. The van der Waals surface area contributed by atoms with Crippen molar-refractivity contribution < 1.29 is 19.1 Å². The zero-order valence-corrected chi connectivity index (χ0v) is 18.9. The maximum atomic E-state index is 12.9. The Bertz CT molecular complexity index is 1040. The van der Waals surface area contributed by atoms with Gasteiger partial charge in [-0.25, -0.2) is 9.78 Å². The van der Waals surface area contributed by atoms with Gasteiger partial charge < -0.3 is 24.6 Å². The maximum Gasteiger partial charge on any atom is 0.410 e. The second kappa shape index (κ2) is 9.13. The minimum atomic E-state index is -0.562. The molecule has 0 radical (unpaired) electrons. The van der Waals surface area contributed by atoms with E-state index in [1.807, 2.05) is 31.7 Å². The molecule has 1 N–H and O–H groups in total. The van der Waals surface area contributed by atoms with Crippen molar-refractivity contribution in [1.82, 2.24) is 19.7 Å². The van der Waals surface area contributed by atoms with E-state index in [0.29, 0.717) is 43.2 Å². The molecule has 3 heterocycles. The molecule has 0 spiro atoms. The first-order valence-corrected chi connectivity index (χ1v) is 10.1. The number of aryl methyl sites for hydroxylation is 1. The summed E-state index contributed by atoms with van der Waals surface area (Å²) in [6.45, 7) is 7.37. The SMILES string of the molecule is COc1nn(C)cc1C(=O)Nc1cc(C#N)cnc1N1CCN(C(=O)OC(C)(C)C)CC1. The van der Waals surface area contributed by atoms with Gasteiger partial charge in [-0.15, -0.1) is 5.10 Å². The molecule has 11 heteroatoms. The molecular weight excluding hydrogens is 414 g/mol. The summed E-state index contributed by atoms with van der Waals surface area (Å²) in [5.41, 5.74) is 0.409. The molecule has 1 saturated heterocycles. The number of nitrogens with zero attached hydrogens (tertiary/aromatic N) is 6. The summed E-state index contributed by atoms with van der Waals surface area (Å²) >= 11 is 0. The Labute approximate surface area is 186 Å². The summed E-state index contributed by atoms with van der Waals surface area (Å²) in [5, 5.41) is 16.2. The number of anilines is 2. The zero-order valence-electron chi connectivity index (χ0n) is 18.9. The third kappa shape index (κ3) is 5.26. The van der Waals surface area contributed by atoms with Gasteiger partial charge in [-0.05, 0) is 26.8 Å². The third-order valence-electron chi connectivity index (χ3n) is 4.71. The predicted molar refractivity (Wildman–Crippen MR) is 117 cm³/mol. The average Bonchev–Trinajstić information content (AvgIpc) is 3.13. The van der Waals surface area contributed by atoms with E-state index in [4.69, 9.17) is 9.47 Å². The van der Waals surface area contributed by atoms with Gasteiger partial charge in [0.2, 0.25) is 5.88 Å². The van der Waals surface area contributed by atoms with Gasteiger partial charge in [0.25, 0.3) is 5.91 Å². The molecule has 2 amide bonds. The van der Waals surface area contributed by atoms with Crippen LogP contribution in [0.2, 0.25) is 0 Å². The number of hydrogen-bond acceptors (Lipinski definition) is 8. The first-order chi connectivity index (χ1) is 15.1. The predicted octanol–water partition coefficient (Wildman–Crippen LogP) is 2.00. The first-order valence-electron chi connectivity index (χ1n) is 10.1. The van der Waals surface area contributed by atoms with Gasteiger partial charge in [-0.3, -0.25) is 9.48 Å². The van der Waals surface area contributed by atoms with E-state index < -0.39 is 11.5 Å². The Morgan fingerprint density at radius 3 is 2.50 bits per heavy atom. The number of carbonyl (C=O) groups is 2. The van der Waals surface area contributed by atoms with Crippen LogP contribution in [0.5, 0.6) is 5.88 Å². The second-order valence-electron chi connectivity index (χ2n) is 8.34.